The van der Waals surface area contributed by atoms with Crippen molar-refractivity contribution in [2.45, 2.75) is 37.1 Å². The minimum absolute atomic E-state index is 0.0494. The first kappa shape index (κ1) is 30.4. The molecule has 1 fully saturated rings. The molecule has 3 N–H and O–H groups in total. The summed E-state index contributed by atoms with van der Waals surface area (Å²) in [5.74, 6) is -0.626. The van der Waals surface area contributed by atoms with E-state index in [9.17, 15) is 32.7 Å². The number of non-ortho nitro benzene ring substituents is 1. The Labute approximate surface area is 255 Å². The summed E-state index contributed by atoms with van der Waals surface area (Å²) >= 11 is 12.6. The van der Waals surface area contributed by atoms with Crippen molar-refractivity contribution in [1.82, 2.24) is 10.3 Å². The number of rotatable bonds is 9. The van der Waals surface area contributed by atoms with E-state index in [4.69, 9.17) is 23.2 Å². The maximum atomic E-state index is 13.9. The average Bonchev–Trinajstić information content (AvgIpc) is 3.68. The van der Waals surface area contributed by atoms with Crippen LogP contribution in [0.25, 0.3) is 0 Å². The van der Waals surface area contributed by atoms with Crippen LogP contribution in [0.1, 0.15) is 40.7 Å². The largest absolute Gasteiger partial charge is 0.352 e. The second kappa shape index (κ2) is 11.9. The lowest BCUT2D eigenvalue weighted by Crippen LogP contribution is -2.40. The van der Waals surface area contributed by atoms with Crippen molar-refractivity contribution in [3.05, 3.63) is 85.5 Å². The third-order valence-corrected chi connectivity index (χ3v) is 8.40. The van der Waals surface area contributed by atoms with Gasteiger partial charge in [0.05, 0.1) is 26.9 Å². The van der Waals surface area contributed by atoms with Crippen LogP contribution >= 0.6 is 23.2 Å². The predicted molar refractivity (Wildman–Crippen MR) is 159 cm³/mol. The van der Waals surface area contributed by atoms with E-state index < -0.39 is 43.5 Å². The Morgan fingerprint density at radius 3 is 2.58 bits per heavy atom. The van der Waals surface area contributed by atoms with Gasteiger partial charge in [-0.25, -0.2) is 9.99 Å². The van der Waals surface area contributed by atoms with Crippen LogP contribution in [0.15, 0.2) is 58.7 Å². The number of anilines is 2. The van der Waals surface area contributed by atoms with Crippen LogP contribution in [0.4, 0.5) is 17.2 Å². The van der Waals surface area contributed by atoms with Crippen molar-refractivity contribution in [1.29, 1.82) is 0 Å². The normalized spacial score (nSPS) is 16.5. The number of amides is 2. The highest BCUT2D eigenvalue weighted by molar-refractivity contribution is 7.86. The minimum Gasteiger partial charge on any atom is -0.352 e. The van der Waals surface area contributed by atoms with Crippen molar-refractivity contribution < 1.29 is 27.5 Å². The lowest BCUT2D eigenvalue weighted by atomic mass is 10.0. The van der Waals surface area contributed by atoms with E-state index in [-0.39, 0.29) is 39.8 Å². The molecular weight excluding hydrogens is 623 g/mol. The van der Waals surface area contributed by atoms with Gasteiger partial charge in [-0.15, -0.1) is 0 Å². The molecule has 2 heterocycles. The van der Waals surface area contributed by atoms with Gasteiger partial charge in [-0.2, -0.15) is 13.5 Å². The van der Waals surface area contributed by atoms with Crippen LogP contribution in [0, 0.1) is 23.0 Å². The summed E-state index contributed by atoms with van der Waals surface area (Å²) in [7, 11) is -4.84. The van der Waals surface area contributed by atoms with Crippen molar-refractivity contribution in [3.8, 4) is 0 Å². The van der Waals surface area contributed by atoms with Gasteiger partial charge < -0.3 is 10.6 Å². The van der Waals surface area contributed by atoms with Crippen LogP contribution in [-0.4, -0.2) is 53.0 Å². The summed E-state index contributed by atoms with van der Waals surface area (Å²) in [4.78, 5) is 41.3. The molecule has 43 heavy (non-hydrogen) atoms. The first-order valence-electron chi connectivity index (χ1n) is 13.0. The molecule has 2 aliphatic rings. The van der Waals surface area contributed by atoms with E-state index in [1.807, 2.05) is 0 Å². The van der Waals surface area contributed by atoms with Crippen LogP contribution in [0.2, 0.25) is 10.0 Å². The van der Waals surface area contributed by atoms with Crippen LogP contribution in [-0.2, 0) is 14.9 Å². The monoisotopic (exact) mass is 646 g/mol. The number of nitro benzene ring substituents is 1. The maximum absolute atomic E-state index is 13.9. The van der Waals surface area contributed by atoms with Gasteiger partial charge in [0.15, 0.2) is 5.82 Å². The highest BCUT2D eigenvalue weighted by Crippen LogP contribution is 2.35. The molecule has 1 atom stereocenters. The molecule has 5 rings (SSSR count). The Morgan fingerprint density at radius 1 is 1.19 bits per heavy atom. The second-order valence-electron chi connectivity index (χ2n) is 10.1. The molecule has 1 aliphatic carbocycles. The highest BCUT2D eigenvalue weighted by Gasteiger charge is 2.38. The number of halogens is 2. The van der Waals surface area contributed by atoms with Gasteiger partial charge in [0.1, 0.15) is 10.9 Å². The number of hydrazone groups is 1. The van der Waals surface area contributed by atoms with Crippen LogP contribution in [0.3, 0.4) is 0 Å². The summed E-state index contributed by atoms with van der Waals surface area (Å²) in [5.41, 5.74) is 0.0655. The summed E-state index contributed by atoms with van der Waals surface area (Å²) in [6.07, 6.45) is 3.20. The fourth-order valence-electron chi connectivity index (χ4n) is 4.65. The third kappa shape index (κ3) is 6.62. The number of nitrogens with one attached hydrogen (secondary N) is 2. The molecular formula is C27H24Cl2N6O7S. The maximum Gasteiger partial charge on any atom is 0.295 e. The number of aromatic nitrogens is 1. The van der Waals surface area contributed by atoms with Gasteiger partial charge in [-0.3, -0.25) is 24.3 Å². The molecule has 2 amide bonds. The Kier molecular flexibility index (Phi) is 8.38. The summed E-state index contributed by atoms with van der Waals surface area (Å²) in [6, 6.07) is 7.66. The molecule has 1 aromatic heterocycles. The number of carbonyl (C=O) groups is 2. The predicted octanol–water partition coefficient (Wildman–Crippen LogP) is 4.61. The zero-order valence-electron chi connectivity index (χ0n) is 22.5. The van der Waals surface area contributed by atoms with E-state index in [0.29, 0.717) is 23.0 Å². The molecule has 0 radical (unpaired) electrons. The summed E-state index contributed by atoms with van der Waals surface area (Å²) in [5, 5.41) is 23.1. The molecule has 16 heteroatoms. The molecule has 3 aromatic rings. The van der Waals surface area contributed by atoms with E-state index in [1.54, 1.807) is 19.1 Å². The quantitative estimate of drug-likeness (QED) is 0.170. The van der Waals surface area contributed by atoms with Gasteiger partial charge in [0, 0.05) is 41.9 Å². The van der Waals surface area contributed by atoms with E-state index >= 15 is 0 Å². The Bertz CT molecular complexity index is 1800. The Morgan fingerprint density at radius 2 is 1.93 bits per heavy atom. The average molecular weight is 647 g/mol. The lowest BCUT2D eigenvalue weighted by molar-refractivity contribution is -0.384. The molecule has 1 saturated carbocycles. The zero-order chi connectivity index (χ0) is 31.1. The highest BCUT2D eigenvalue weighted by atomic mass is 35.5. The van der Waals surface area contributed by atoms with Crippen molar-refractivity contribution in [2.75, 3.05) is 16.9 Å². The molecule has 2 aromatic carbocycles. The van der Waals surface area contributed by atoms with Crippen molar-refractivity contribution in [3.63, 3.8) is 0 Å². The van der Waals surface area contributed by atoms with Gasteiger partial charge in [-0.1, -0.05) is 23.2 Å². The molecule has 13 nitrogen and oxygen atoms in total. The first-order valence-corrected chi connectivity index (χ1v) is 15.2. The van der Waals surface area contributed by atoms with E-state index in [0.717, 1.165) is 36.0 Å². The van der Waals surface area contributed by atoms with Gasteiger partial charge in [0.25, 0.3) is 21.7 Å². The topological polar surface area (TPSA) is 184 Å². The number of nitro groups is 1. The van der Waals surface area contributed by atoms with Crippen molar-refractivity contribution >= 4 is 68.0 Å². The number of benzene rings is 2. The molecule has 0 spiro atoms. The number of aryl methyl sites for hydroxylation is 1. The number of carbonyl (C=O) groups excluding carboxylic acids is 2. The SMILES string of the molecule is Cc1cc(Cl)cc(C(=O)NCC2CC2)c1NC(=O)C1CC(c2cc([N+](=O)[O-])ccc2S(=O)(=O)O)=NN1c1ncccc1Cl. The zero-order valence-corrected chi connectivity index (χ0v) is 24.8. The second-order valence-corrected chi connectivity index (χ2v) is 12.4. The van der Waals surface area contributed by atoms with Crippen LogP contribution in [0.5, 0.6) is 0 Å². The number of pyridine rings is 1. The molecule has 0 saturated heterocycles. The molecule has 0 bridgehead atoms. The minimum atomic E-state index is -4.84. The number of nitrogens with zero attached hydrogens (tertiary/aromatic N) is 4. The van der Waals surface area contributed by atoms with E-state index in [2.05, 4.69) is 20.7 Å². The van der Waals surface area contributed by atoms with Crippen LogP contribution < -0.4 is 15.6 Å². The lowest BCUT2D eigenvalue weighted by Gasteiger charge is -2.23. The molecule has 1 aliphatic heterocycles. The number of hydrogen-bond donors (Lipinski definition) is 3. The van der Waals surface area contributed by atoms with Gasteiger partial charge in [0.2, 0.25) is 5.91 Å². The van der Waals surface area contributed by atoms with Crippen molar-refractivity contribution in [2.24, 2.45) is 11.0 Å². The first-order chi connectivity index (χ1) is 20.3. The fraction of sp³-hybridized carbons (Fsp3) is 0.259. The Hall–Kier alpha value is -4.11. The van der Waals surface area contributed by atoms with Gasteiger partial charge >= 0.3 is 0 Å². The summed E-state index contributed by atoms with van der Waals surface area (Å²) < 4.78 is 34.2. The number of hydrogen-bond acceptors (Lipinski definition) is 9. The fourth-order valence-corrected chi connectivity index (χ4v) is 5.83. The Balaban J connectivity index is 1.54. The molecule has 224 valence electrons. The third-order valence-electron chi connectivity index (χ3n) is 6.97. The van der Waals surface area contributed by atoms with E-state index in [1.165, 1.54) is 18.3 Å². The summed E-state index contributed by atoms with van der Waals surface area (Å²) in [6.45, 7) is 2.16. The standard InChI is InChI=1S/C27H24Cl2N6O7S/c1-14-9-16(28)10-19(26(36)31-13-15-4-5-15)24(14)32-27(37)22-12-21(33-34(22)25-20(29)3-2-8-30-25)18-11-17(35(38)39)6-7-23(18)43(40,41)42/h2-3,6-11,15,22H,4-5,12-13H2,1H3,(H,31,36)(H,32,37)(H,40,41,42). The smallest absolute Gasteiger partial charge is 0.295 e. The molecule has 1 unspecified atom stereocenters. The van der Waals surface area contributed by atoms with Gasteiger partial charge in [-0.05, 0) is 61.6 Å².